The molecule has 0 aliphatic heterocycles. The van der Waals surface area contributed by atoms with Crippen molar-refractivity contribution < 1.29 is 18.7 Å². The van der Waals surface area contributed by atoms with Crippen LogP contribution in [-0.4, -0.2) is 19.2 Å². The van der Waals surface area contributed by atoms with Gasteiger partial charge in [0.1, 0.15) is 23.7 Å². The van der Waals surface area contributed by atoms with Gasteiger partial charge < -0.3 is 13.9 Å². The zero-order valence-electron chi connectivity index (χ0n) is 12.2. The number of hydrogen-bond donors (Lipinski definition) is 0. The molecular formula is C17H18O4. The second kappa shape index (κ2) is 6.79. The Hall–Kier alpha value is -2.49. The average molecular weight is 286 g/mol. The number of rotatable bonds is 6. The van der Waals surface area contributed by atoms with Crippen LogP contribution in [0.15, 0.2) is 41.3 Å². The molecule has 0 unspecified atom stereocenters. The van der Waals surface area contributed by atoms with E-state index in [9.17, 15) is 4.79 Å². The van der Waals surface area contributed by atoms with E-state index < -0.39 is 0 Å². The number of fused-ring (bicyclic) bond motifs is 1. The standard InChI is InChI=1S/C17H18O4/c1-4-11-20-14-7-6-8-15-17(14)12(3)13(21-15)9-10-16(18)19-5-2/h4,6-10H,1,5,11H2,2-3H3. The predicted octanol–water partition coefficient (Wildman–Crippen LogP) is 3.88. The molecule has 0 fully saturated rings. The van der Waals surface area contributed by atoms with Crippen molar-refractivity contribution in [1.29, 1.82) is 0 Å². The summed E-state index contributed by atoms with van der Waals surface area (Å²) in [6.07, 6.45) is 4.67. The molecule has 4 nitrogen and oxygen atoms in total. The molecule has 4 heteroatoms. The summed E-state index contributed by atoms with van der Waals surface area (Å²) in [5.41, 5.74) is 1.64. The summed E-state index contributed by atoms with van der Waals surface area (Å²) in [5.74, 6) is 0.970. The van der Waals surface area contributed by atoms with E-state index >= 15 is 0 Å². The van der Waals surface area contributed by atoms with Gasteiger partial charge in [0.15, 0.2) is 0 Å². The molecule has 0 aliphatic carbocycles. The van der Waals surface area contributed by atoms with Crippen LogP contribution in [-0.2, 0) is 9.53 Å². The Morgan fingerprint density at radius 3 is 2.95 bits per heavy atom. The van der Waals surface area contributed by atoms with Crippen molar-refractivity contribution >= 4 is 23.0 Å². The molecule has 0 amide bonds. The molecular weight excluding hydrogens is 268 g/mol. The molecule has 0 N–H and O–H groups in total. The number of carbonyl (C=O) groups excluding carboxylic acids is 1. The minimum atomic E-state index is -0.388. The number of benzene rings is 1. The number of esters is 1. The maximum Gasteiger partial charge on any atom is 0.330 e. The topological polar surface area (TPSA) is 48.7 Å². The molecule has 0 aliphatic rings. The van der Waals surface area contributed by atoms with Gasteiger partial charge in [0, 0.05) is 11.6 Å². The first-order valence-electron chi connectivity index (χ1n) is 6.78. The van der Waals surface area contributed by atoms with Crippen LogP contribution in [0.4, 0.5) is 0 Å². The first kappa shape index (κ1) is 14.9. The Bertz CT molecular complexity index is 679. The minimum Gasteiger partial charge on any atom is -0.489 e. The van der Waals surface area contributed by atoms with Crippen LogP contribution in [0.5, 0.6) is 5.75 Å². The zero-order chi connectivity index (χ0) is 15.2. The largest absolute Gasteiger partial charge is 0.489 e. The second-order valence-corrected chi connectivity index (χ2v) is 4.41. The van der Waals surface area contributed by atoms with Crippen molar-refractivity contribution in [2.75, 3.05) is 13.2 Å². The Balaban J connectivity index is 2.36. The third-order valence-electron chi connectivity index (χ3n) is 2.97. The fourth-order valence-electron chi connectivity index (χ4n) is 2.05. The molecule has 0 saturated heterocycles. The van der Waals surface area contributed by atoms with Crippen LogP contribution < -0.4 is 4.74 Å². The Morgan fingerprint density at radius 1 is 1.43 bits per heavy atom. The molecule has 21 heavy (non-hydrogen) atoms. The molecule has 1 aromatic carbocycles. The van der Waals surface area contributed by atoms with Crippen LogP contribution in [0, 0.1) is 6.92 Å². The van der Waals surface area contributed by atoms with Crippen LogP contribution in [0.1, 0.15) is 18.2 Å². The second-order valence-electron chi connectivity index (χ2n) is 4.41. The molecule has 0 radical (unpaired) electrons. The summed E-state index contributed by atoms with van der Waals surface area (Å²) >= 11 is 0. The molecule has 0 bridgehead atoms. The molecule has 0 saturated carbocycles. The van der Waals surface area contributed by atoms with Crippen molar-refractivity contribution in [1.82, 2.24) is 0 Å². The van der Waals surface area contributed by atoms with Crippen LogP contribution in [0.2, 0.25) is 0 Å². The van der Waals surface area contributed by atoms with Gasteiger partial charge in [0.25, 0.3) is 0 Å². The Labute approximate surface area is 123 Å². The van der Waals surface area contributed by atoms with Gasteiger partial charge in [-0.3, -0.25) is 0 Å². The van der Waals surface area contributed by atoms with E-state index in [1.54, 1.807) is 19.1 Å². The minimum absolute atomic E-state index is 0.349. The van der Waals surface area contributed by atoms with Gasteiger partial charge in [-0.15, -0.1) is 0 Å². The lowest BCUT2D eigenvalue weighted by Crippen LogP contribution is -1.98. The molecule has 2 rings (SSSR count). The van der Waals surface area contributed by atoms with Crippen molar-refractivity contribution in [3.63, 3.8) is 0 Å². The van der Waals surface area contributed by atoms with Crippen molar-refractivity contribution in [3.05, 3.63) is 48.3 Å². The van der Waals surface area contributed by atoms with E-state index in [0.29, 0.717) is 19.0 Å². The summed E-state index contributed by atoms with van der Waals surface area (Å²) in [6, 6.07) is 5.61. The van der Waals surface area contributed by atoms with E-state index in [1.807, 2.05) is 25.1 Å². The quantitative estimate of drug-likeness (QED) is 0.459. The monoisotopic (exact) mass is 286 g/mol. The highest BCUT2D eigenvalue weighted by molar-refractivity contribution is 5.92. The van der Waals surface area contributed by atoms with E-state index in [1.165, 1.54) is 6.08 Å². The molecule has 2 aromatic rings. The lowest BCUT2D eigenvalue weighted by Gasteiger charge is -2.04. The lowest BCUT2D eigenvalue weighted by atomic mass is 10.1. The normalized spacial score (nSPS) is 11.0. The van der Waals surface area contributed by atoms with Gasteiger partial charge in [0.2, 0.25) is 0 Å². The van der Waals surface area contributed by atoms with Gasteiger partial charge >= 0.3 is 5.97 Å². The van der Waals surface area contributed by atoms with Gasteiger partial charge in [-0.05, 0) is 32.1 Å². The van der Waals surface area contributed by atoms with Crippen LogP contribution in [0.3, 0.4) is 0 Å². The highest BCUT2D eigenvalue weighted by atomic mass is 16.5. The van der Waals surface area contributed by atoms with E-state index in [4.69, 9.17) is 13.9 Å². The maximum absolute atomic E-state index is 11.4. The van der Waals surface area contributed by atoms with Gasteiger partial charge in [0.05, 0.1) is 12.0 Å². The highest BCUT2D eigenvalue weighted by Gasteiger charge is 2.13. The first-order chi connectivity index (χ1) is 10.2. The molecule has 110 valence electrons. The predicted molar refractivity (Wildman–Crippen MR) is 82.3 cm³/mol. The molecule has 0 atom stereocenters. The summed E-state index contributed by atoms with van der Waals surface area (Å²) < 4.78 is 16.2. The molecule has 0 spiro atoms. The van der Waals surface area contributed by atoms with Crippen molar-refractivity contribution in [2.45, 2.75) is 13.8 Å². The number of furan rings is 1. The average Bonchev–Trinajstić information content (AvgIpc) is 2.80. The summed E-state index contributed by atoms with van der Waals surface area (Å²) in [5, 5.41) is 0.905. The van der Waals surface area contributed by atoms with Crippen LogP contribution in [0.25, 0.3) is 17.0 Å². The van der Waals surface area contributed by atoms with Crippen molar-refractivity contribution in [2.24, 2.45) is 0 Å². The lowest BCUT2D eigenvalue weighted by molar-refractivity contribution is -0.137. The Kier molecular flexibility index (Phi) is 4.82. The van der Waals surface area contributed by atoms with Crippen molar-refractivity contribution in [3.8, 4) is 5.75 Å². The fourth-order valence-corrected chi connectivity index (χ4v) is 2.05. The number of ether oxygens (including phenoxy) is 2. The maximum atomic E-state index is 11.4. The first-order valence-corrected chi connectivity index (χ1v) is 6.78. The SMILES string of the molecule is C=CCOc1cccc2oc(C=CC(=O)OCC)c(C)c12. The van der Waals surface area contributed by atoms with E-state index in [0.717, 1.165) is 22.3 Å². The van der Waals surface area contributed by atoms with E-state index in [-0.39, 0.29) is 5.97 Å². The molecule has 1 heterocycles. The smallest absolute Gasteiger partial charge is 0.330 e. The third kappa shape index (κ3) is 3.34. The number of aryl methyl sites for hydroxylation is 1. The number of hydrogen-bond acceptors (Lipinski definition) is 4. The number of carbonyl (C=O) groups is 1. The van der Waals surface area contributed by atoms with Gasteiger partial charge in [-0.1, -0.05) is 18.7 Å². The highest BCUT2D eigenvalue weighted by Crippen LogP contribution is 2.33. The summed E-state index contributed by atoms with van der Waals surface area (Å²) in [4.78, 5) is 11.4. The summed E-state index contributed by atoms with van der Waals surface area (Å²) in [6.45, 7) is 8.11. The van der Waals surface area contributed by atoms with Crippen LogP contribution >= 0.6 is 0 Å². The Morgan fingerprint density at radius 2 is 2.24 bits per heavy atom. The van der Waals surface area contributed by atoms with Gasteiger partial charge in [-0.2, -0.15) is 0 Å². The third-order valence-corrected chi connectivity index (χ3v) is 2.97. The fraction of sp³-hybridized carbons (Fsp3) is 0.235. The molecule has 1 aromatic heterocycles. The summed E-state index contributed by atoms with van der Waals surface area (Å²) in [7, 11) is 0. The van der Waals surface area contributed by atoms with E-state index in [2.05, 4.69) is 6.58 Å². The van der Waals surface area contributed by atoms with Gasteiger partial charge in [-0.25, -0.2) is 4.79 Å². The zero-order valence-corrected chi connectivity index (χ0v) is 12.2.